The van der Waals surface area contributed by atoms with Crippen molar-refractivity contribution in [2.45, 2.75) is 32.9 Å². The third-order valence-electron chi connectivity index (χ3n) is 2.68. The van der Waals surface area contributed by atoms with E-state index in [9.17, 15) is 0 Å². The van der Waals surface area contributed by atoms with Gasteiger partial charge in [-0.15, -0.1) is 0 Å². The molecule has 1 aromatic rings. The summed E-state index contributed by atoms with van der Waals surface area (Å²) in [4.78, 5) is 0. The second kappa shape index (κ2) is 6.59. The standard InChI is InChI=1S/C13H22N2/c1-11(2)13(14)8-9-15-10-12-6-4-3-5-7-12/h3-7,11,13,15H,8-10,14H2,1-2H3. The van der Waals surface area contributed by atoms with Crippen LogP contribution in [0.25, 0.3) is 0 Å². The molecule has 1 rings (SSSR count). The van der Waals surface area contributed by atoms with Gasteiger partial charge in [-0.2, -0.15) is 0 Å². The first-order valence-corrected chi connectivity index (χ1v) is 5.70. The molecule has 0 fully saturated rings. The van der Waals surface area contributed by atoms with Crippen molar-refractivity contribution in [3.63, 3.8) is 0 Å². The van der Waals surface area contributed by atoms with Crippen molar-refractivity contribution in [3.8, 4) is 0 Å². The summed E-state index contributed by atoms with van der Waals surface area (Å²) in [5.74, 6) is 0.573. The van der Waals surface area contributed by atoms with Gasteiger partial charge >= 0.3 is 0 Å². The highest BCUT2D eigenvalue weighted by molar-refractivity contribution is 5.14. The fraction of sp³-hybridized carbons (Fsp3) is 0.538. The Balaban J connectivity index is 2.12. The lowest BCUT2D eigenvalue weighted by Crippen LogP contribution is -2.30. The van der Waals surface area contributed by atoms with Crippen LogP contribution in [0.1, 0.15) is 25.8 Å². The smallest absolute Gasteiger partial charge is 0.0205 e. The van der Waals surface area contributed by atoms with Crippen molar-refractivity contribution in [1.29, 1.82) is 0 Å². The van der Waals surface area contributed by atoms with Crippen LogP contribution in [0.4, 0.5) is 0 Å². The van der Waals surface area contributed by atoms with Crippen molar-refractivity contribution >= 4 is 0 Å². The molecule has 0 saturated carbocycles. The van der Waals surface area contributed by atoms with E-state index in [1.165, 1.54) is 5.56 Å². The summed E-state index contributed by atoms with van der Waals surface area (Å²) < 4.78 is 0. The highest BCUT2D eigenvalue weighted by atomic mass is 14.9. The summed E-state index contributed by atoms with van der Waals surface area (Å²) in [7, 11) is 0. The monoisotopic (exact) mass is 206 g/mol. The SMILES string of the molecule is CC(C)C(N)CCNCc1ccccc1. The second-order valence-corrected chi connectivity index (χ2v) is 4.36. The Morgan fingerprint density at radius 1 is 1.20 bits per heavy atom. The molecule has 0 aliphatic rings. The Bertz CT molecular complexity index is 256. The summed E-state index contributed by atoms with van der Waals surface area (Å²) >= 11 is 0. The molecule has 0 radical (unpaired) electrons. The van der Waals surface area contributed by atoms with Gasteiger partial charge in [0, 0.05) is 12.6 Å². The summed E-state index contributed by atoms with van der Waals surface area (Å²) in [6.07, 6.45) is 1.05. The molecule has 0 aromatic heterocycles. The van der Waals surface area contributed by atoms with Crippen molar-refractivity contribution in [2.75, 3.05) is 6.54 Å². The maximum Gasteiger partial charge on any atom is 0.0205 e. The van der Waals surface area contributed by atoms with Crippen molar-refractivity contribution in [1.82, 2.24) is 5.32 Å². The van der Waals surface area contributed by atoms with Crippen LogP contribution in [0.2, 0.25) is 0 Å². The van der Waals surface area contributed by atoms with E-state index in [0.29, 0.717) is 12.0 Å². The average molecular weight is 206 g/mol. The normalized spacial score (nSPS) is 13.1. The van der Waals surface area contributed by atoms with E-state index >= 15 is 0 Å². The van der Waals surface area contributed by atoms with Gasteiger partial charge in [-0.05, 0) is 24.4 Å². The Hall–Kier alpha value is -0.860. The molecular weight excluding hydrogens is 184 g/mol. The molecule has 3 N–H and O–H groups in total. The molecule has 0 amide bonds. The van der Waals surface area contributed by atoms with E-state index in [4.69, 9.17) is 5.73 Å². The maximum absolute atomic E-state index is 5.96. The molecule has 0 spiro atoms. The van der Waals surface area contributed by atoms with Crippen LogP contribution in [-0.4, -0.2) is 12.6 Å². The highest BCUT2D eigenvalue weighted by Crippen LogP contribution is 2.02. The van der Waals surface area contributed by atoms with Gasteiger partial charge in [-0.3, -0.25) is 0 Å². The summed E-state index contributed by atoms with van der Waals surface area (Å²) in [6.45, 7) is 6.27. The Labute approximate surface area is 92.9 Å². The van der Waals surface area contributed by atoms with Crippen LogP contribution in [0.5, 0.6) is 0 Å². The molecular formula is C13H22N2. The maximum atomic E-state index is 5.96. The molecule has 0 saturated heterocycles. The zero-order valence-corrected chi connectivity index (χ0v) is 9.74. The van der Waals surface area contributed by atoms with E-state index in [2.05, 4.69) is 43.4 Å². The number of hydrogen-bond donors (Lipinski definition) is 2. The third kappa shape index (κ3) is 4.96. The second-order valence-electron chi connectivity index (χ2n) is 4.36. The fourth-order valence-electron chi connectivity index (χ4n) is 1.43. The Kier molecular flexibility index (Phi) is 5.37. The van der Waals surface area contributed by atoms with E-state index in [0.717, 1.165) is 19.5 Å². The first-order chi connectivity index (χ1) is 7.20. The van der Waals surface area contributed by atoms with Crippen LogP contribution in [0.15, 0.2) is 30.3 Å². The van der Waals surface area contributed by atoms with Crippen LogP contribution in [-0.2, 0) is 6.54 Å². The van der Waals surface area contributed by atoms with Gasteiger partial charge in [0.05, 0.1) is 0 Å². The number of rotatable bonds is 6. The number of hydrogen-bond acceptors (Lipinski definition) is 2. The van der Waals surface area contributed by atoms with E-state index in [1.807, 2.05) is 6.07 Å². The minimum absolute atomic E-state index is 0.313. The van der Waals surface area contributed by atoms with Gasteiger partial charge in [-0.25, -0.2) is 0 Å². The summed E-state index contributed by atoms with van der Waals surface area (Å²) in [5.41, 5.74) is 7.29. The molecule has 0 heterocycles. The first kappa shape index (κ1) is 12.2. The lowest BCUT2D eigenvalue weighted by Gasteiger charge is -2.15. The quantitative estimate of drug-likeness (QED) is 0.700. The van der Waals surface area contributed by atoms with Gasteiger partial charge in [0.2, 0.25) is 0 Å². The molecule has 0 bridgehead atoms. The molecule has 1 unspecified atom stereocenters. The number of benzene rings is 1. The van der Waals surface area contributed by atoms with Crippen molar-refractivity contribution in [3.05, 3.63) is 35.9 Å². The van der Waals surface area contributed by atoms with Crippen LogP contribution < -0.4 is 11.1 Å². The van der Waals surface area contributed by atoms with Gasteiger partial charge in [0.15, 0.2) is 0 Å². The number of nitrogens with one attached hydrogen (secondary N) is 1. The van der Waals surface area contributed by atoms with Gasteiger partial charge in [-0.1, -0.05) is 44.2 Å². The highest BCUT2D eigenvalue weighted by Gasteiger charge is 2.05. The minimum atomic E-state index is 0.313. The third-order valence-corrected chi connectivity index (χ3v) is 2.68. The number of nitrogens with two attached hydrogens (primary N) is 1. The van der Waals surface area contributed by atoms with Crippen molar-refractivity contribution in [2.24, 2.45) is 11.7 Å². The topological polar surface area (TPSA) is 38.0 Å². The Morgan fingerprint density at radius 3 is 2.47 bits per heavy atom. The lowest BCUT2D eigenvalue weighted by atomic mass is 10.0. The first-order valence-electron chi connectivity index (χ1n) is 5.70. The summed E-state index contributed by atoms with van der Waals surface area (Å²) in [5, 5.41) is 3.41. The zero-order chi connectivity index (χ0) is 11.1. The van der Waals surface area contributed by atoms with Crippen molar-refractivity contribution < 1.29 is 0 Å². The molecule has 2 heteroatoms. The average Bonchev–Trinajstić information content (AvgIpc) is 2.25. The zero-order valence-electron chi connectivity index (χ0n) is 9.74. The molecule has 1 aromatic carbocycles. The minimum Gasteiger partial charge on any atom is -0.327 e. The molecule has 84 valence electrons. The molecule has 15 heavy (non-hydrogen) atoms. The van der Waals surface area contributed by atoms with Crippen LogP contribution in [0.3, 0.4) is 0 Å². The van der Waals surface area contributed by atoms with Gasteiger partial charge in [0.25, 0.3) is 0 Å². The van der Waals surface area contributed by atoms with Gasteiger partial charge in [0.1, 0.15) is 0 Å². The molecule has 2 nitrogen and oxygen atoms in total. The largest absolute Gasteiger partial charge is 0.327 e. The Morgan fingerprint density at radius 2 is 1.87 bits per heavy atom. The molecule has 1 atom stereocenters. The van der Waals surface area contributed by atoms with E-state index < -0.39 is 0 Å². The fourth-order valence-corrected chi connectivity index (χ4v) is 1.43. The van der Waals surface area contributed by atoms with E-state index in [1.54, 1.807) is 0 Å². The molecule has 0 aliphatic heterocycles. The lowest BCUT2D eigenvalue weighted by molar-refractivity contribution is 0.449. The predicted octanol–water partition coefficient (Wildman–Crippen LogP) is 2.15. The van der Waals surface area contributed by atoms with Gasteiger partial charge < -0.3 is 11.1 Å². The predicted molar refractivity (Wildman–Crippen MR) is 65.6 cm³/mol. The molecule has 0 aliphatic carbocycles. The summed E-state index contributed by atoms with van der Waals surface area (Å²) in [6, 6.07) is 10.8. The van der Waals surface area contributed by atoms with Crippen LogP contribution in [0, 0.1) is 5.92 Å². The van der Waals surface area contributed by atoms with Crippen LogP contribution >= 0.6 is 0 Å². The van der Waals surface area contributed by atoms with E-state index in [-0.39, 0.29) is 0 Å².